The van der Waals surface area contributed by atoms with Crippen LogP contribution in [0.3, 0.4) is 0 Å². The minimum Gasteiger partial charge on any atom is -0.507 e. The van der Waals surface area contributed by atoms with Crippen LogP contribution < -0.4 is 0 Å². The number of hydrogen-bond donors (Lipinski definition) is 2. The van der Waals surface area contributed by atoms with Crippen molar-refractivity contribution in [1.29, 1.82) is 0 Å². The number of rotatable bonds is 14. The molecular weight excluding hydrogens is 348 g/mol. The van der Waals surface area contributed by atoms with Gasteiger partial charge in [0, 0.05) is 0 Å². The van der Waals surface area contributed by atoms with Crippen LogP contribution in [0.5, 0.6) is 5.75 Å². The van der Waals surface area contributed by atoms with Gasteiger partial charge in [-0.3, -0.25) is 4.79 Å². The van der Waals surface area contributed by atoms with Gasteiger partial charge >= 0.3 is 5.97 Å². The predicted molar refractivity (Wildman–Crippen MR) is 118 cm³/mol. The van der Waals surface area contributed by atoms with Crippen molar-refractivity contribution in [2.24, 2.45) is 17.8 Å². The lowest BCUT2D eigenvalue weighted by Gasteiger charge is -2.18. The fourth-order valence-corrected chi connectivity index (χ4v) is 3.91. The van der Waals surface area contributed by atoms with Crippen molar-refractivity contribution < 1.29 is 15.0 Å². The lowest BCUT2D eigenvalue weighted by Crippen LogP contribution is -2.17. The Bertz CT molecular complexity index is 558. The molecule has 0 saturated heterocycles. The fraction of sp³-hybridized carbons (Fsp3) is 0.720. The molecule has 1 rings (SSSR count). The van der Waals surface area contributed by atoms with Crippen LogP contribution in [-0.2, 0) is 24.1 Å². The molecule has 0 saturated carbocycles. The molecule has 0 aliphatic carbocycles. The summed E-state index contributed by atoms with van der Waals surface area (Å²) in [5.74, 6) is 0.277. The van der Waals surface area contributed by atoms with Crippen LogP contribution in [0.2, 0.25) is 0 Å². The zero-order valence-electron chi connectivity index (χ0n) is 18.8. The first-order chi connectivity index (χ1) is 13.2. The maximum absolute atomic E-state index is 11.8. The number of carboxylic acids is 1. The van der Waals surface area contributed by atoms with E-state index in [1.807, 2.05) is 12.1 Å². The van der Waals surface area contributed by atoms with Crippen LogP contribution in [0.15, 0.2) is 12.1 Å². The molecule has 160 valence electrons. The number of phenols is 1. The summed E-state index contributed by atoms with van der Waals surface area (Å²) < 4.78 is 0. The first-order valence-corrected chi connectivity index (χ1v) is 11.3. The van der Waals surface area contributed by atoms with Crippen LogP contribution in [-0.4, -0.2) is 16.2 Å². The smallest absolute Gasteiger partial charge is 0.306 e. The Morgan fingerprint density at radius 3 is 1.82 bits per heavy atom. The number of hydrogen-bond acceptors (Lipinski definition) is 2. The van der Waals surface area contributed by atoms with Gasteiger partial charge in [-0.25, -0.2) is 0 Å². The summed E-state index contributed by atoms with van der Waals surface area (Å²) in [6.07, 6.45) is 10.00. The first kappa shape index (κ1) is 24.5. The summed E-state index contributed by atoms with van der Waals surface area (Å²) in [4.78, 5) is 11.8. The van der Waals surface area contributed by atoms with Gasteiger partial charge in [0.05, 0.1) is 5.92 Å². The standard InChI is InChI=1S/C25H42O3/c1-6-7-8-9-10-11-12-21(25(27)28)15-20-16-22(13-18(2)3)24(26)23(17-20)14-19(4)5/h16-19,21,26H,6-15H2,1-5H3,(H,27,28). The van der Waals surface area contributed by atoms with E-state index in [-0.39, 0.29) is 5.92 Å². The second-order valence-electron chi connectivity index (χ2n) is 9.25. The van der Waals surface area contributed by atoms with Crippen molar-refractivity contribution in [3.05, 3.63) is 28.8 Å². The van der Waals surface area contributed by atoms with Crippen molar-refractivity contribution in [3.63, 3.8) is 0 Å². The summed E-state index contributed by atoms with van der Waals surface area (Å²) in [5.41, 5.74) is 2.99. The average molecular weight is 391 g/mol. The third-order valence-electron chi connectivity index (χ3n) is 5.32. The highest BCUT2D eigenvalue weighted by atomic mass is 16.4. The van der Waals surface area contributed by atoms with Crippen LogP contribution in [0.4, 0.5) is 0 Å². The zero-order chi connectivity index (χ0) is 21.1. The molecule has 0 fully saturated rings. The highest BCUT2D eigenvalue weighted by Crippen LogP contribution is 2.30. The molecule has 0 aliphatic rings. The Labute approximate surface area is 172 Å². The van der Waals surface area contributed by atoms with Gasteiger partial charge in [-0.05, 0) is 54.2 Å². The predicted octanol–water partition coefficient (Wildman–Crippen LogP) is 6.78. The Morgan fingerprint density at radius 2 is 1.36 bits per heavy atom. The maximum atomic E-state index is 11.8. The van der Waals surface area contributed by atoms with Gasteiger partial charge in [0.15, 0.2) is 0 Å². The van der Waals surface area contributed by atoms with E-state index in [1.165, 1.54) is 25.7 Å². The third-order valence-corrected chi connectivity index (χ3v) is 5.32. The number of aliphatic carboxylic acids is 1. The summed E-state index contributed by atoms with van der Waals surface area (Å²) in [6.45, 7) is 10.8. The SMILES string of the molecule is CCCCCCCCC(Cc1cc(CC(C)C)c(O)c(CC(C)C)c1)C(=O)O. The molecule has 0 aromatic heterocycles. The first-order valence-electron chi connectivity index (χ1n) is 11.3. The van der Waals surface area contributed by atoms with Crippen molar-refractivity contribution >= 4 is 5.97 Å². The molecule has 2 N–H and O–H groups in total. The molecule has 0 bridgehead atoms. The normalized spacial score (nSPS) is 12.7. The molecule has 1 unspecified atom stereocenters. The lowest BCUT2D eigenvalue weighted by molar-refractivity contribution is -0.142. The summed E-state index contributed by atoms with van der Waals surface area (Å²) >= 11 is 0. The van der Waals surface area contributed by atoms with Crippen molar-refractivity contribution in [2.75, 3.05) is 0 Å². The van der Waals surface area contributed by atoms with E-state index >= 15 is 0 Å². The summed E-state index contributed by atoms with van der Waals surface area (Å²) in [6, 6.07) is 4.08. The Morgan fingerprint density at radius 1 is 0.857 bits per heavy atom. The number of carbonyl (C=O) groups is 1. The monoisotopic (exact) mass is 390 g/mol. The van der Waals surface area contributed by atoms with Crippen LogP contribution in [0.25, 0.3) is 0 Å². The van der Waals surface area contributed by atoms with E-state index in [4.69, 9.17) is 0 Å². The van der Waals surface area contributed by atoms with Crippen LogP contribution in [0.1, 0.15) is 96.3 Å². The number of benzene rings is 1. The third kappa shape index (κ3) is 9.12. The van der Waals surface area contributed by atoms with Gasteiger partial charge in [0.25, 0.3) is 0 Å². The second kappa shape index (κ2) is 12.9. The fourth-order valence-electron chi connectivity index (χ4n) is 3.91. The molecule has 0 aliphatic heterocycles. The molecular formula is C25H42O3. The number of aromatic hydroxyl groups is 1. The van der Waals surface area contributed by atoms with Gasteiger partial charge < -0.3 is 10.2 Å². The molecule has 3 nitrogen and oxygen atoms in total. The number of carboxylic acid groups (broad SMARTS) is 1. The highest BCUT2D eigenvalue weighted by Gasteiger charge is 2.20. The van der Waals surface area contributed by atoms with E-state index in [1.54, 1.807) is 0 Å². The lowest BCUT2D eigenvalue weighted by atomic mass is 9.88. The molecule has 1 atom stereocenters. The molecule has 28 heavy (non-hydrogen) atoms. The highest BCUT2D eigenvalue weighted by molar-refractivity contribution is 5.70. The van der Waals surface area contributed by atoms with E-state index in [2.05, 4.69) is 34.6 Å². The molecule has 3 heteroatoms. The van der Waals surface area contributed by atoms with Crippen LogP contribution >= 0.6 is 0 Å². The van der Waals surface area contributed by atoms with E-state index in [0.29, 0.717) is 24.0 Å². The molecule has 0 spiro atoms. The Kier molecular flexibility index (Phi) is 11.3. The van der Waals surface area contributed by atoms with Crippen molar-refractivity contribution in [1.82, 2.24) is 0 Å². The second-order valence-corrected chi connectivity index (χ2v) is 9.25. The Hall–Kier alpha value is -1.51. The maximum Gasteiger partial charge on any atom is 0.306 e. The van der Waals surface area contributed by atoms with Crippen molar-refractivity contribution in [2.45, 2.75) is 98.8 Å². The van der Waals surface area contributed by atoms with Gasteiger partial charge in [0.2, 0.25) is 0 Å². The summed E-state index contributed by atoms with van der Waals surface area (Å²) in [5, 5.41) is 20.4. The minimum absolute atomic E-state index is 0.338. The van der Waals surface area contributed by atoms with Crippen molar-refractivity contribution in [3.8, 4) is 5.75 Å². The molecule has 1 aromatic carbocycles. The molecule has 0 amide bonds. The van der Waals surface area contributed by atoms with Gasteiger partial charge in [-0.15, -0.1) is 0 Å². The van der Waals surface area contributed by atoms with Gasteiger partial charge in [-0.1, -0.05) is 85.3 Å². The zero-order valence-corrected chi connectivity index (χ0v) is 18.8. The summed E-state index contributed by atoms with van der Waals surface area (Å²) in [7, 11) is 0. The number of phenolic OH excluding ortho intramolecular Hbond substituents is 1. The largest absolute Gasteiger partial charge is 0.507 e. The minimum atomic E-state index is -0.697. The van der Waals surface area contributed by atoms with E-state index in [0.717, 1.165) is 48.8 Å². The quantitative estimate of drug-likeness (QED) is 0.344. The van der Waals surface area contributed by atoms with E-state index < -0.39 is 5.97 Å². The van der Waals surface area contributed by atoms with Gasteiger partial charge in [0.1, 0.15) is 5.75 Å². The topological polar surface area (TPSA) is 57.5 Å². The van der Waals surface area contributed by atoms with Gasteiger partial charge in [-0.2, -0.15) is 0 Å². The van der Waals surface area contributed by atoms with Crippen LogP contribution in [0, 0.1) is 17.8 Å². The molecule has 0 heterocycles. The average Bonchev–Trinajstić information content (AvgIpc) is 2.59. The molecule has 1 aromatic rings. The van der Waals surface area contributed by atoms with E-state index in [9.17, 15) is 15.0 Å². The number of unbranched alkanes of at least 4 members (excludes halogenated alkanes) is 5. The molecule has 0 radical (unpaired) electrons. The Balaban J connectivity index is 2.87.